The fraction of sp³-hybridized carbons (Fsp3) is 0.133. The van der Waals surface area contributed by atoms with Gasteiger partial charge in [0.25, 0.3) is 0 Å². The molecule has 1 atom stereocenters. The van der Waals surface area contributed by atoms with Crippen LogP contribution in [0.4, 0.5) is 4.39 Å². The Bertz CT molecular complexity index is 595. The number of ether oxygens (including phenoxy) is 1. The molecule has 98 valence electrons. The SMILES string of the molecule is CC(C(=O)O)c1cccc(Oc2ccccc2F)c1. The zero-order chi connectivity index (χ0) is 13.8. The van der Waals surface area contributed by atoms with Crippen LogP contribution < -0.4 is 4.74 Å². The van der Waals surface area contributed by atoms with Gasteiger partial charge in [-0.2, -0.15) is 0 Å². The number of halogens is 1. The van der Waals surface area contributed by atoms with Gasteiger partial charge in [0.05, 0.1) is 5.92 Å². The van der Waals surface area contributed by atoms with Gasteiger partial charge in [-0.25, -0.2) is 4.39 Å². The van der Waals surface area contributed by atoms with E-state index in [0.29, 0.717) is 11.3 Å². The maximum atomic E-state index is 13.4. The standard InChI is InChI=1S/C15H13FO3/c1-10(15(17)18)11-5-4-6-12(9-11)19-14-8-3-2-7-13(14)16/h2-10H,1H3,(H,17,18). The third-order valence-electron chi connectivity index (χ3n) is 2.79. The number of hydrogen-bond donors (Lipinski definition) is 1. The molecule has 19 heavy (non-hydrogen) atoms. The minimum Gasteiger partial charge on any atom is -0.481 e. The lowest BCUT2D eigenvalue weighted by Gasteiger charge is -2.10. The Labute approximate surface area is 110 Å². The summed E-state index contributed by atoms with van der Waals surface area (Å²) in [6.07, 6.45) is 0. The van der Waals surface area contributed by atoms with E-state index >= 15 is 0 Å². The molecule has 1 unspecified atom stereocenters. The summed E-state index contributed by atoms with van der Waals surface area (Å²) in [5.74, 6) is -1.48. The van der Waals surface area contributed by atoms with E-state index in [-0.39, 0.29) is 5.75 Å². The predicted octanol–water partition coefficient (Wildman–Crippen LogP) is 3.81. The van der Waals surface area contributed by atoms with Gasteiger partial charge >= 0.3 is 5.97 Å². The summed E-state index contributed by atoms with van der Waals surface area (Å²) in [6, 6.07) is 12.7. The third-order valence-corrected chi connectivity index (χ3v) is 2.79. The summed E-state index contributed by atoms with van der Waals surface area (Å²) in [4.78, 5) is 10.9. The molecule has 0 aliphatic heterocycles. The van der Waals surface area contributed by atoms with Crippen LogP contribution in [0.15, 0.2) is 48.5 Å². The van der Waals surface area contributed by atoms with E-state index in [0.717, 1.165) is 0 Å². The molecule has 0 radical (unpaired) electrons. The zero-order valence-electron chi connectivity index (χ0n) is 10.3. The second-order valence-corrected chi connectivity index (χ2v) is 4.16. The Morgan fingerprint density at radius 3 is 2.63 bits per heavy atom. The van der Waals surface area contributed by atoms with E-state index in [1.165, 1.54) is 12.1 Å². The van der Waals surface area contributed by atoms with Gasteiger partial charge in [-0.1, -0.05) is 24.3 Å². The van der Waals surface area contributed by atoms with Crippen molar-refractivity contribution < 1.29 is 19.0 Å². The molecular formula is C15H13FO3. The molecule has 0 aliphatic rings. The maximum absolute atomic E-state index is 13.4. The highest BCUT2D eigenvalue weighted by atomic mass is 19.1. The van der Waals surface area contributed by atoms with Crippen molar-refractivity contribution in [2.45, 2.75) is 12.8 Å². The average molecular weight is 260 g/mol. The molecular weight excluding hydrogens is 247 g/mol. The molecule has 0 spiro atoms. The summed E-state index contributed by atoms with van der Waals surface area (Å²) < 4.78 is 18.9. The molecule has 0 saturated heterocycles. The number of carboxylic acids is 1. The number of rotatable bonds is 4. The van der Waals surface area contributed by atoms with Crippen molar-refractivity contribution in [3.05, 3.63) is 59.9 Å². The van der Waals surface area contributed by atoms with E-state index in [4.69, 9.17) is 9.84 Å². The van der Waals surface area contributed by atoms with Crippen LogP contribution in [0.25, 0.3) is 0 Å². The van der Waals surface area contributed by atoms with Crippen LogP contribution in [0.2, 0.25) is 0 Å². The van der Waals surface area contributed by atoms with Crippen LogP contribution in [-0.4, -0.2) is 11.1 Å². The van der Waals surface area contributed by atoms with Crippen molar-refractivity contribution in [3.63, 3.8) is 0 Å². The number of hydrogen-bond acceptors (Lipinski definition) is 2. The number of para-hydroxylation sites is 1. The lowest BCUT2D eigenvalue weighted by molar-refractivity contribution is -0.138. The minimum absolute atomic E-state index is 0.114. The smallest absolute Gasteiger partial charge is 0.310 e. The average Bonchev–Trinajstić information content (AvgIpc) is 2.41. The molecule has 0 saturated carbocycles. The van der Waals surface area contributed by atoms with Crippen molar-refractivity contribution >= 4 is 5.97 Å². The van der Waals surface area contributed by atoms with Crippen molar-refractivity contribution in [1.29, 1.82) is 0 Å². The van der Waals surface area contributed by atoms with Crippen LogP contribution in [0.5, 0.6) is 11.5 Å². The fourth-order valence-corrected chi connectivity index (χ4v) is 1.64. The van der Waals surface area contributed by atoms with Crippen LogP contribution in [0, 0.1) is 5.82 Å². The topological polar surface area (TPSA) is 46.5 Å². The Hall–Kier alpha value is -2.36. The highest BCUT2D eigenvalue weighted by Gasteiger charge is 2.14. The molecule has 0 aromatic heterocycles. The molecule has 3 nitrogen and oxygen atoms in total. The number of aliphatic carboxylic acids is 1. The summed E-state index contributed by atoms with van der Waals surface area (Å²) in [5, 5.41) is 8.96. The number of benzene rings is 2. The number of carboxylic acid groups (broad SMARTS) is 1. The summed E-state index contributed by atoms with van der Waals surface area (Å²) >= 11 is 0. The second kappa shape index (κ2) is 5.52. The molecule has 4 heteroatoms. The molecule has 2 rings (SSSR count). The molecule has 0 bridgehead atoms. The van der Waals surface area contributed by atoms with Crippen LogP contribution >= 0.6 is 0 Å². The largest absolute Gasteiger partial charge is 0.481 e. The van der Waals surface area contributed by atoms with Crippen LogP contribution in [0.3, 0.4) is 0 Å². The van der Waals surface area contributed by atoms with Crippen LogP contribution in [-0.2, 0) is 4.79 Å². The summed E-state index contributed by atoms with van der Waals surface area (Å²) in [5.41, 5.74) is 0.612. The summed E-state index contributed by atoms with van der Waals surface area (Å²) in [7, 11) is 0. The lowest BCUT2D eigenvalue weighted by atomic mass is 10.0. The van der Waals surface area contributed by atoms with Gasteiger partial charge in [-0.05, 0) is 36.8 Å². The van der Waals surface area contributed by atoms with Gasteiger partial charge in [0.2, 0.25) is 0 Å². The van der Waals surface area contributed by atoms with E-state index in [9.17, 15) is 9.18 Å². The Balaban J connectivity index is 2.25. The highest BCUT2D eigenvalue weighted by molar-refractivity contribution is 5.75. The molecule has 2 aromatic rings. The lowest BCUT2D eigenvalue weighted by Crippen LogP contribution is -2.07. The van der Waals surface area contributed by atoms with Gasteiger partial charge in [0, 0.05) is 0 Å². The van der Waals surface area contributed by atoms with E-state index in [1.54, 1.807) is 43.3 Å². The van der Waals surface area contributed by atoms with Gasteiger partial charge < -0.3 is 9.84 Å². The highest BCUT2D eigenvalue weighted by Crippen LogP contribution is 2.27. The van der Waals surface area contributed by atoms with Gasteiger partial charge in [-0.3, -0.25) is 4.79 Å². The van der Waals surface area contributed by atoms with Crippen LogP contribution in [0.1, 0.15) is 18.4 Å². The number of carbonyl (C=O) groups is 1. The van der Waals surface area contributed by atoms with Gasteiger partial charge in [0.15, 0.2) is 11.6 Å². The first-order valence-electron chi connectivity index (χ1n) is 5.83. The van der Waals surface area contributed by atoms with Crippen molar-refractivity contribution in [2.75, 3.05) is 0 Å². The van der Waals surface area contributed by atoms with Crippen molar-refractivity contribution in [2.24, 2.45) is 0 Å². The van der Waals surface area contributed by atoms with E-state index in [2.05, 4.69) is 0 Å². The second-order valence-electron chi connectivity index (χ2n) is 4.16. The molecule has 1 N–H and O–H groups in total. The fourth-order valence-electron chi connectivity index (χ4n) is 1.64. The minimum atomic E-state index is -0.914. The van der Waals surface area contributed by atoms with E-state index < -0.39 is 17.7 Å². The molecule has 0 aliphatic carbocycles. The molecule has 0 heterocycles. The first-order valence-corrected chi connectivity index (χ1v) is 5.83. The zero-order valence-corrected chi connectivity index (χ0v) is 10.3. The van der Waals surface area contributed by atoms with Gasteiger partial charge in [0.1, 0.15) is 5.75 Å². The third kappa shape index (κ3) is 3.10. The summed E-state index contributed by atoms with van der Waals surface area (Å²) in [6.45, 7) is 1.59. The first kappa shape index (κ1) is 13.1. The normalized spacial score (nSPS) is 11.9. The first-order chi connectivity index (χ1) is 9.08. The molecule has 2 aromatic carbocycles. The van der Waals surface area contributed by atoms with E-state index in [1.807, 2.05) is 0 Å². The maximum Gasteiger partial charge on any atom is 0.310 e. The molecule has 0 fully saturated rings. The predicted molar refractivity (Wildman–Crippen MR) is 69.0 cm³/mol. The Morgan fingerprint density at radius 1 is 1.21 bits per heavy atom. The monoisotopic (exact) mass is 260 g/mol. The molecule has 0 amide bonds. The quantitative estimate of drug-likeness (QED) is 0.909. The Morgan fingerprint density at radius 2 is 1.95 bits per heavy atom. The van der Waals surface area contributed by atoms with Crippen molar-refractivity contribution in [3.8, 4) is 11.5 Å². The van der Waals surface area contributed by atoms with Crippen molar-refractivity contribution in [1.82, 2.24) is 0 Å². The van der Waals surface area contributed by atoms with Gasteiger partial charge in [-0.15, -0.1) is 0 Å². The Kier molecular flexibility index (Phi) is 3.80.